The van der Waals surface area contributed by atoms with Crippen molar-refractivity contribution in [1.29, 1.82) is 5.26 Å². The molecule has 0 aromatic heterocycles. The van der Waals surface area contributed by atoms with Gasteiger partial charge in [-0.3, -0.25) is 4.79 Å². The minimum absolute atomic E-state index is 0.231. The normalized spacial score (nSPS) is 13.4. The van der Waals surface area contributed by atoms with Gasteiger partial charge >= 0.3 is 5.97 Å². The summed E-state index contributed by atoms with van der Waals surface area (Å²) in [5, 5.41) is 9.00. The van der Waals surface area contributed by atoms with Crippen molar-refractivity contribution in [1.82, 2.24) is 0 Å². The second-order valence-electron chi connectivity index (χ2n) is 6.23. The molecule has 0 heterocycles. The molecule has 0 spiro atoms. The quantitative estimate of drug-likeness (QED) is 0.591. The average Bonchev–Trinajstić information content (AvgIpc) is 3.13. The summed E-state index contributed by atoms with van der Waals surface area (Å²) in [5.41, 5.74) is 3.38. The summed E-state index contributed by atoms with van der Waals surface area (Å²) >= 11 is 0. The molecule has 1 aliphatic rings. The third-order valence-corrected chi connectivity index (χ3v) is 4.41. The number of nitrogens with zero attached hydrogens (tertiary/aromatic N) is 1. The molecular weight excluding hydrogens is 330 g/mol. The largest absolute Gasteiger partial charge is 0.481 e. The second kappa shape index (κ2) is 7.83. The fourth-order valence-corrected chi connectivity index (χ4v) is 3.07. The van der Waals surface area contributed by atoms with Crippen LogP contribution >= 0.6 is 0 Å². The van der Waals surface area contributed by atoms with Gasteiger partial charge in [0.1, 0.15) is 11.8 Å². The van der Waals surface area contributed by atoms with E-state index in [0.717, 1.165) is 19.3 Å². The number of rotatable bonds is 6. The highest BCUT2D eigenvalue weighted by atomic mass is 16.6. The molecule has 1 atom stereocenters. The third kappa shape index (κ3) is 3.92. The Morgan fingerprint density at radius 2 is 1.92 bits per heavy atom. The maximum absolute atomic E-state index is 12.5. The van der Waals surface area contributed by atoms with E-state index < -0.39 is 12.1 Å². The van der Waals surface area contributed by atoms with E-state index in [4.69, 9.17) is 14.7 Å². The van der Waals surface area contributed by atoms with Crippen LogP contribution in [-0.2, 0) is 22.4 Å². The van der Waals surface area contributed by atoms with Crippen LogP contribution in [0, 0.1) is 11.3 Å². The lowest BCUT2D eigenvalue weighted by Crippen LogP contribution is -2.27. The minimum atomic E-state index is -0.892. The van der Waals surface area contributed by atoms with Crippen molar-refractivity contribution in [3.8, 4) is 11.8 Å². The molecule has 26 heavy (non-hydrogen) atoms. The first-order valence-electron chi connectivity index (χ1n) is 8.56. The Hall–Kier alpha value is -3.13. The number of hydrogen-bond acceptors (Lipinski definition) is 5. The topological polar surface area (TPSA) is 76.4 Å². The van der Waals surface area contributed by atoms with Crippen molar-refractivity contribution in [2.45, 2.75) is 32.3 Å². The van der Waals surface area contributed by atoms with Crippen LogP contribution < -0.4 is 4.74 Å². The Morgan fingerprint density at radius 3 is 2.73 bits per heavy atom. The van der Waals surface area contributed by atoms with Crippen LogP contribution in [0.3, 0.4) is 0 Å². The van der Waals surface area contributed by atoms with E-state index in [1.54, 1.807) is 37.3 Å². The van der Waals surface area contributed by atoms with E-state index in [1.807, 2.05) is 18.2 Å². The van der Waals surface area contributed by atoms with E-state index in [-0.39, 0.29) is 12.4 Å². The summed E-state index contributed by atoms with van der Waals surface area (Å²) in [5.74, 6) is -0.574. The number of carbonyl (C=O) groups is 2. The highest BCUT2D eigenvalue weighted by molar-refractivity contribution is 6.00. The van der Waals surface area contributed by atoms with Gasteiger partial charge in [-0.25, -0.2) is 4.79 Å². The van der Waals surface area contributed by atoms with Crippen molar-refractivity contribution < 1.29 is 19.1 Å². The first-order chi connectivity index (χ1) is 12.6. The maximum Gasteiger partial charge on any atom is 0.344 e. The second-order valence-corrected chi connectivity index (χ2v) is 6.23. The zero-order chi connectivity index (χ0) is 18.5. The lowest BCUT2D eigenvalue weighted by atomic mass is 10.0. The number of hydrogen-bond donors (Lipinski definition) is 0. The number of para-hydroxylation sites is 1. The fraction of sp³-hybridized carbons (Fsp3) is 0.286. The summed E-state index contributed by atoms with van der Waals surface area (Å²) < 4.78 is 10.5. The van der Waals surface area contributed by atoms with Crippen LogP contribution in [0.4, 0.5) is 0 Å². The number of Topliss-reactive ketones (excluding diaryl/α,β-unsaturated/α-hetero) is 1. The molecule has 0 fully saturated rings. The highest BCUT2D eigenvalue weighted by Gasteiger charge is 2.22. The van der Waals surface area contributed by atoms with Gasteiger partial charge in [0.25, 0.3) is 0 Å². The van der Waals surface area contributed by atoms with Gasteiger partial charge in [0, 0.05) is 5.56 Å². The van der Waals surface area contributed by atoms with Crippen molar-refractivity contribution in [3.05, 3.63) is 64.7 Å². The molecule has 2 aromatic rings. The number of fused-ring (bicyclic) bond motifs is 1. The molecule has 0 unspecified atom stereocenters. The van der Waals surface area contributed by atoms with Crippen LogP contribution in [0.25, 0.3) is 0 Å². The highest BCUT2D eigenvalue weighted by Crippen LogP contribution is 2.23. The van der Waals surface area contributed by atoms with Crippen molar-refractivity contribution in [2.75, 3.05) is 6.61 Å². The lowest BCUT2D eigenvalue weighted by Gasteiger charge is -2.14. The fourth-order valence-electron chi connectivity index (χ4n) is 3.07. The van der Waals surface area contributed by atoms with E-state index in [1.165, 1.54) is 11.1 Å². The van der Waals surface area contributed by atoms with Gasteiger partial charge in [0.05, 0.1) is 5.56 Å². The average molecular weight is 349 g/mol. The number of aryl methyl sites for hydroxylation is 2. The van der Waals surface area contributed by atoms with Crippen LogP contribution in [-0.4, -0.2) is 24.5 Å². The number of ether oxygens (including phenoxy) is 2. The first-order valence-corrected chi connectivity index (χ1v) is 8.56. The SMILES string of the molecule is C[C@H](OC(=O)COc1ccccc1C#N)C(=O)c1ccc2c(c1)CCC2. The molecule has 1 aliphatic carbocycles. The zero-order valence-electron chi connectivity index (χ0n) is 14.5. The molecule has 0 amide bonds. The summed E-state index contributed by atoms with van der Waals surface area (Å²) in [4.78, 5) is 24.5. The van der Waals surface area contributed by atoms with E-state index in [9.17, 15) is 9.59 Å². The van der Waals surface area contributed by atoms with Gasteiger partial charge in [-0.1, -0.05) is 24.3 Å². The number of carbonyl (C=O) groups excluding carboxylic acids is 2. The summed E-state index contributed by atoms with van der Waals surface area (Å²) in [6, 6.07) is 14.3. The van der Waals surface area contributed by atoms with Crippen molar-refractivity contribution in [2.24, 2.45) is 0 Å². The molecule has 2 aromatic carbocycles. The number of benzene rings is 2. The van der Waals surface area contributed by atoms with Crippen LogP contribution in [0.15, 0.2) is 42.5 Å². The van der Waals surface area contributed by atoms with Crippen molar-refractivity contribution in [3.63, 3.8) is 0 Å². The minimum Gasteiger partial charge on any atom is -0.481 e. The number of nitriles is 1. The maximum atomic E-state index is 12.5. The molecule has 0 bridgehead atoms. The molecular formula is C21H19NO4. The molecule has 0 saturated carbocycles. The Bertz CT molecular complexity index is 882. The summed E-state index contributed by atoms with van der Waals surface area (Å²) in [7, 11) is 0. The smallest absolute Gasteiger partial charge is 0.344 e. The summed E-state index contributed by atoms with van der Waals surface area (Å²) in [6.45, 7) is 1.19. The standard InChI is InChI=1S/C21H19NO4/c1-14(21(24)17-10-9-15-6-4-7-16(15)11-17)26-20(23)13-25-19-8-3-2-5-18(19)12-22/h2-3,5,8-11,14H,4,6-7,13H2,1H3/t14-/m0/s1. The van der Waals surface area contributed by atoms with E-state index in [0.29, 0.717) is 16.9 Å². The van der Waals surface area contributed by atoms with Gasteiger partial charge in [0.15, 0.2) is 12.7 Å². The molecule has 132 valence electrons. The Kier molecular flexibility index (Phi) is 5.33. The monoisotopic (exact) mass is 349 g/mol. The van der Waals surface area contributed by atoms with E-state index in [2.05, 4.69) is 0 Å². The van der Waals surface area contributed by atoms with Gasteiger partial charge in [0.2, 0.25) is 5.78 Å². The molecule has 0 N–H and O–H groups in total. The van der Waals surface area contributed by atoms with Gasteiger partial charge < -0.3 is 9.47 Å². The summed E-state index contributed by atoms with van der Waals surface area (Å²) in [6.07, 6.45) is 2.25. The number of ketones is 1. The van der Waals surface area contributed by atoms with Crippen LogP contribution in [0.5, 0.6) is 5.75 Å². The predicted octanol–water partition coefficient (Wildman–Crippen LogP) is 3.24. The van der Waals surface area contributed by atoms with Gasteiger partial charge in [-0.2, -0.15) is 5.26 Å². The lowest BCUT2D eigenvalue weighted by molar-refractivity contribution is -0.148. The zero-order valence-corrected chi connectivity index (χ0v) is 14.5. The molecule has 3 rings (SSSR count). The Labute approximate surface area is 152 Å². The molecule has 5 nitrogen and oxygen atoms in total. The van der Waals surface area contributed by atoms with Gasteiger partial charge in [-0.05, 0) is 55.5 Å². The predicted molar refractivity (Wildman–Crippen MR) is 95.0 cm³/mol. The molecule has 0 radical (unpaired) electrons. The van der Waals surface area contributed by atoms with E-state index >= 15 is 0 Å². The van der Waals surface area contributed by atoms with Crippen molar-refractivity contribution >= 4 is 11.8 Å². The molecule has 0 aliphatic heterocycles. The Balaban J connectivity index is 1.57. The first kappa shape index (κ1) is 17.7. The van der Waals surface area contributed by atoms with Crippen LogP contribution in [0.1, 0.15) is 40.4 Å². The third-order valence-electron chi connectivity index (χ3n) is 4.41. The van der Waals surface area contributed by atoms with Crippen LogP contribution in [0.2, 0.25) is 0 Å². The molecule has 0 saturated heterocycles. The molecule has 5 heteroatoms. The Morgan fingerprint density at radius 1 is 1.15 bits per heavy atom. The van der Waals surface area contributed by atoms with Gasteiger partial charge in [-0.15, -0.1) is 0 Å². The number of esters is 1.